The number of carbonyl (C=O) groups is 4. The van der Waals surface area contributed by atoms with Crippen molar-refractivity contribution >= 4 is 23.8 Å². The molecule has 2 aliphatic rings. The van der Waals surface area contributed by atoms with Gasteiger partial charge in [0.05, 0.1) is 19.0 Å². The number of amides is 1. The fraction of sp³-hybridized carbons (Fsp3) is 0.375. The van der Waals surface area contributed by atoms with Gasteiger partial charge in [-0.15, -0.1) is 0 Å². The number of rotatable bonds is 4. The molecule has 0 N–H and O–H groups in total. The highest BCUT2D eigenvalue weighted by molar-refractivity contribution is 6.07. The Balaban J connectivity index is 1.86. The molecule has 1 aromatic rings. The number of aldehydes is 1. The molecule has 1 heterocycles. The number of fused-ring (bicyclic) bond motifs is 1. The van der Waals surface area contributed by atoms with E-state index in [0.29, 0.717) is 36.0 Å². The highest BCUT2D eigenvalue weighted by Crippen LogP contribution is 2.34. The third kappa shape index (κ3) is 2.41. The van der Waals surface area contributed by atoms with Gasteiger partial charge in [0, 0.05) is 17.5 Å². The normalized spacial score (nSPS) is 21.0. The molecule has 6 heteroatoms. The Bertz CT molecular complexity index is 667. The zero-order valence-corrected chi connectivity index (χ0v) is 11.9. The van der Waals surface area contributed by atoms with Gasteiger partial charge in [0.1, 0.15) is 18.1 Å². The molecule has 1 aliphatic carbocycles. The maximum atomic E-state index is 12.5. The molecule has 1 aliphatic heterocycles. The second-order valence-electron chi connectivity index (χ2n) is 5.43. The second-order valence-corrected chi connectivity index (χ2v) is 5.43. The lowest BCUT2D eigenvalue weighted by molar-refractivity contribution is -0.133. The summed E-state index contributed by atoms with van der Waals surface area (Å²) in [4.78, 5) is 47.9. The number of hydrogen-bond acceptors (Lipinski definition) is 5. The van der Waals surface area contributed by atoms with Gasteiger partial charge in [0.2, 0.25) is 0 Å². The number of ketones is 2. The average molecular weight is 301 g/mol. The summed E-state index contributed by atoms with van der Waals surface area (Å²) in [7, 11) is 0. The molecule has 0 radical (unpaired) electrons. The van der Waals surface area contributed by atoms with Crippen LogP contribution in [0.5, 0.6) is 5.75 Å². The lowest BCUT2D eigenvalue weighted by Crippen LogP contribution is -2.44. The van der Waals surface area contributed by atoms with Crippen LogP contribution < -0.4 is 4.74 Å². The van der Waals surface area contributed by atoms with Gasteiger partial charge in [0.15, 0.2) is 12.1 Å². The number of ether oxygens (including phenoxy) is 1. The van der Waals surface area contributed by atoms with Crippen molar-refractivity contribution in [1.82, 2.24) is 4.90 Å². The highest BCUT2D eigenvalue weighted by atomic mass is 16.5. The third-order valence-corrected chi connectivity index (χ3v) is 4.08. The minimum atomic E-state index is -0.545. The molecule has 114 valence electrons. The van der Waals surface area contributed by atoms with Crippen LogP contribution in [0.15, 0.2) is 18.2 Å². The number of benzene rings is 1. The largest absolute Gasteiger partial charge is 0.486 e. The molecule has 0 spiro atoms. The number of Topliss-reactive ketones (excluding diaryl/α,β-unsaturated/α-hetero) is 2. The van der Waals surface area contributed by atoms with Crippen molar-refractivity contribution in [1.29, 1.82) is 0 Å². The van der Waals surface area contributed by atoms with E-state index in [1.54, 1.807) is 18.2 Å². The summed E-state index contributed by atoms with van der Waals surface area (Å²) in [5, 5.41) is 0. The topological polar surface area (TPSA) is 80.8 Å². The van der Waals surface area contributed by atoms with Gasteiger partial charge in [-0.05, 0) is 18.6 Å². The monoisotopic (exact) mass is 301 g/mol. The Morgan fingerprint density at radius 3 is 2.82 bits per heavy atom. The maximum absolute atomic E-state index is 12.5. The van der Waals surface area contributed by atoms with Crippen molar-refractivity contribution in [3.05, 3.63) is 29.3 Å². The molecule has 0 bridgehead atoms. The minimum absolute atomic E-state index is 0.0691. The standard InChI is InChI=1S/C16H15NO5/c18-6-7-22-15-3-1-2-11-12(15)9-17(16(11)21)13-5-4-10(19)8-14(13)20/h1-3,6,13H,4-5,7-9H2. The molecule has 22 heavy (non-hydrogen) atoms. The Hall–Kier alpha value is -2.50. The first-order valence-corrected chi connectivity index (χ1v) is 7.15. The van der Waals surface area contributed by atoms with Crippen molar-refractivity contribution in [2.24, 2.45) is 0 Å². The van der Waals surface area contributed by atoms with Crippen LogP contribution in [0.4, 0.5) is 0 Å². The summed E-state index contributed by atoms with van der Waals surface area (Å²) in [6, 6.07) is 4.53. The van der Waals surface area contributed by atoms with Crippen molar-refractivity contribution in [2.45, 2.75) is 31.8 Å². The van der Waals surface area contributed by atoms with E-state index < -0.39 is 6.04 Å². The SMILES string of the molecule is O=CCOc1cccc2c1CN(C1CCC(=O)CC1=O)C2=O. The third-order valence-electron chi connectivity index (χ3n) is 4.08. The van der Waals surface area contributed by atoms with E-state index in [1.807, 2.05) is 0 Å². The van der Waals surface area contributed by atoms with Crippen LogP contribution in [0.25, 0.3) is 0 Å². The van der Waals surface area contributed by atoms with Gasteiger partial charge in [0.25, 0.3) is 5.91 Å². The fourth-order valence-electron chi connectivity index (χ4n) is 3.03. The fourth-order valence-corrected chi connectivity index (χ4v) is 3.03. The molecule has 1 atom stereocenters. The first-order valence-electron chi connectivity index (χ1n) is 7.15. The quantitative estimate of drug-likeness (QED) is 0.610. The molecule has 1 fully saturated rings. The van der Waals surface area contributed by atoms with Gasteiger partial charge in [-0.1, -0.05) is 6.07 Å². The minimum Gasteiger partial charge on any atom is -0.486 e. The van der Waals surface area contributed by atoms with Crippen molar-refractivity contribution < 1.29 is 23.9 Å². The zero-order valence-electron chi connectivity index (χ0n) is 11.9. The molecule has 1 amide bonds. The summed E-state index contributed by atoms with van der Waals surface area (Å²) in [6.45, 7) is 0.190. The van der Waals surface area contributed by atoms with Crippen LogP contribution in [0.1, 0.15) is 35.2 Å². The van der Waals surface area contributed by atoms with E-state index in [4.69, 9.17) is 4.74 Å². The van der Waals surface area contributed by atoms with Crippen LogP contribution in [0.2, 0.25) is 0 Å². The molecule has 1 aromatic carbocycles. The number of carbonyl (C=O) groups excluding carboxylic acids is 4. The van der Waals surface area contributed by atoms with Gasteiger partial charge < -0.3 is 9.64 Å². The van der Waals surface area contributed by atoms with Gasteiger partial charge in [-0.25, -0.2) is 0 Å². The van der Waals surface area contributed by atoms with Crippen LogP contribution in [0.3, 0.4) is 0 Å². The van der Waals surface area contributed by atoms with Gasteiger partial charge in [-0.2, -0.15) is 0 Å². The maximum Gasteiger partial charge on any atom is 0.255 e. The van der Waals surface area contributed by atoms with Crippen molar-refractivity contribution in [3.63, 3.8) is 0 Å². The van der Waals surface area contributed by atoms with Crippen LogP contribution in [0, 0.1) is 0 Å². The van der Waals surface area contributed by atoms with Crippen LogP contribution in [-0.4, -0.2) is 41.3 Å². The highest BCUT2D eigenvalue weighted by Gasteiger charge is 2.39. The second kappa shape index (κ2) is 5.71. The molecule has 1 saturated carbocycles. The number of hydrogen-bond donors (Lipinski definition) is 0. The average Bonchev–Trinajstić information content (AvgIpc) is 2.83. The lowest BCUT2D eigenvalue weighted by atomic mass is 9.92. The predicted octanol–water partition coefficient (Wildman–Crippen LogP) is 0.911. The van der Waals surface area contributed by atoms with E-state index in [0.717, 1.165) is 0 Å². The van der Waals surface area contributed by atoms with E-state index >= 15 is 0 Å². The molecular weight excluding hydrogens is 286 g/mol. The van der Waals surface area contributed by atoms with Gasteiger partial charge >= 0.3 is 0 Å². The molecule has 1 unspecified atom stereocenters. The lowest BCUT2D eigenvalue weighted by Gasteiger charge is -2.29. The van der Waals surface area contributed by atoms with E-state index in [9.17, 15) is 19.2 Å². The van der Waals surface area contributed by atoms with Crippen LogP contribution in [-0.2, 0) is 20.9 Å². The Labute approximate surface area is 127 Å². The van der Waals surface area contributed by atoms with Crippen molar-refractivity contribution in [3.8, 4) is 5.75 Å². The molecule has 3 rings (SSSR count). The Kier molecular flexibility index (Phi) is 3.75. The predicted molar refractivity (Wildman–Crippen MR) is 75.5 cm³/mol. The van der Waals surface area contributed by atoms with Gasteiger partial charge in [-0.3, -0.25) is 19.2 Å². The van der Waals surface area contributed by atoms with E-state index in [1.165, 1.54) is 4.90 Å². The van der Waals surface area contributed by atoms with E-state index in [-0.39, 0.29) is 37.0 Å². The smallest absolute Gasteiger partial charge is 0.255 e. The van der Waals surface area contributed by atoms with Crippen molar-refractivity contribution in [2.75, 3.05) is 6.61 Å². The first-order chi connectivity index (χ1) is 10.6. The summed E-state index contributed by atoms with van der Waals surface area (Å²) in [5.74, 6) is -0.00721. The Morgan fingerprint density at radius 1 is 1.27 bits per heavy atom. The molecular formula is C16H15NO5. The summed E-state index contributed by atoms with van der Waals surface area (Å²) in [5.41, 5.74) is 1.19. The summed E-state index contributed by atoms with van der Waals surface area (Å²) < 4.78 is 5.34. The summed E-state index contributed by atoms with van der Waals surface area (Å²) >= 11 is 0. The number of nitrogens with zero attached hydrogens (tertiary/aromatic N) is 1. The van der Waals surface area contributed by atoms with Crippen LogP contribution >= 0.6 is 0 Å². The molecule has 6 nitrogen and oxygen atoms in total. The zero-order chi connectivity index (χ0) is 15.7. The molecule has 0 saturated heterocycles. The van der Waals surface area contributed by atoms with E-state index in [2.05, 4.69) is 0 Å². The Morgan fingerprint density at radius 2 is 2.09 bits per heavy atom. The first kappa shape index (κ1) is 14.4. The summed E-state index contributed by atoms with van der Waals surface area (Å²) in [6.07, 6.45) is 1.25. The molecule has 0 aromatic heterocycles.